The lowest BCUT2D eigenvalue weighted by Crippen LogP contribution is -2.12. The average Bonchev–Trinajstić information content (AvgIpc) is 2.93. The fourth-order valence-corrected chi connectivity index (χ4v) is 3.75. The van der Waals surface area contributed by atoms with Crippen LogP contribution in [0.4, 0.5) is 5.69 Å². The molecule has 2 aromatic carbocycles. The van der Waals surface area contributed by atoms with Gasteiger partial charge in [-0.3, -0.25) is 4.99 Å². The van der Waals surface area contributed by atoms with Crippen molar-refractivity contribution in [3.63, 3.8) is 0 Å². The van der Waals surface area contributed by atoms with Crippen LogP contribution in [0.5, 0.6) is 5.75 Å². The zero-order chi connectivity index (χ0) is 20.5. The van der Waals surface area contributed by atoms with E-state index in [-0.39, 0.29) is 4.90 Å². The van der Waals surface area contributed by atoms with E-state index in [1.165, 1.54) is 12.1 Å². The summed E-state index contributed by atoms with van der Waals surface area (Å²) in [4.78, 5) is 4.57. The van der Waals surface area contributed by atoms with Crippen LogP contribution in [-0.2, 0) is 10.0 Å². The Kier molecular flexibility index (Phi) is 5.60. The number of hydrogen-bond donors (Lipinski definition) is 1. The lowest BCUT2D eigenvalue weighted by molar-refractivity contribution is 0.415. The van der Waals surface area contributed by atoms with Crippen molar-refractivity contribution < 1.29 is 13.2 Å². The van der Waals surface area contributed by atoms with Gasteiger partial charge < -0.3 is 9.30 Å². The van der Waals surface area contributed by atoms with Crippen molar-refractivity contribution in [3.8, 4) is 11.4 Å². The van der Waals surface area contributed by atoms with Crippen LogP contribution >= 0.6 is 11.6 Å². The first-order chi connectivity index (χ1) is 13.2. The fourth-order valence-electron chi connectivity index (χ4n) is 2.98. The highest BCUT2D eigenvalue weighted by molar-refractivity contribution is 7.89. The third-order valence-corrected chi connectivity index (χ3v) is 5.61. The Balaban J connectivity index is 1.93. The van der Waals surface area contributed by atoms with E-state index >= 15 is 0 Å². The Morgan fingerprint density at radius 3 is 2.36 bits per heavy atom. The minimum absolute atomic E-state index is 0.0804. The summed E-state index contributed by atoms with van der Waals surface area (Å²) in [6.07, 6.45) is 1.77. The number of primary sulfonamides is 1. The molecule has 146 valence electrons. The molecule has 2 N–H and O–H groups in total. The molecular formula is C20H20ClN3O3S. The molecule has 1 aromatic heterocycles. The van der Waals surface area contributed by atoms with E-state index in [1.54, 1.807) is 37.6 Å². The number of methoxy groups -OCH3 is 1. The van der Waals surface area contributed by atoms with Crippen LogP contribution in [0.3, 0.4) is 0 Å². The molecule has 3 aromatic rings. The van der Waals surface area contributed by atoms with Crippen LogP contribution in [-0.4, -0.2) is 26.3 Å². The van der Waals surface area contributed by atoms with Crippen LogP contribution in [0, 0.1) is 13.8 Å². The molecule has 6 nitrogen and oxygen atoms in total. The van der Waals surface area contributed by atoms with Gasteiger partial charge in [-0.15, -0.1) is 0 Å². The Labute approximate surface area is 169 Å². The molecule has 0 saturated heterocycles. The fraction of sp³-hybridized carbons (Fsp3) is 0.150. The highest BCUT2D eigenvalue weighted by atomic mass is 35.5. The number of aromatic nitrogens is 1. The van der Waals surface area contributed by atoms with Gasteiger partial charge in [0.05, 0.1) is 22.7 Å². The van der Waals surface area contributed by atoms with Crippen molar-refractivity contribution in [2.24, 2.45) is 10.1 Å². The van der Waals surface area contributed by atoms with E-state index in [1.807, 2.05) is 30.5 Å². The molecule has 0 amide bonds. The summed E-state index contributed by atoms with van der Waals surface area (Å²) in [6.45, 7) is 3.95. The second-order valence-corrected chi connectivity index (χ2v) is 8.25. The molecule has 0 fully saturated rings. The number of hydrogen-bond acceptors (Lipinski definition) is 4. The number of nitrogens with zero attached hydrogens (tertiary/aromatic N) is 2. The van der Waals surface area contributed by atoms with Gasteiger partial charge in [0, 0.05) is 28.9 Å². The maximum absolute atomic E-state index is 11.4. The van der Waals surface area contributed by atoms with E-state index < -0.39 is 10.0 Å². The van der Waals surface area contributed by atoms with Crippen molar-refractivity contribution in [2.75, 3.05) is 7.11 Å². The lowest BCUT2D eigenvalue weighted by atomic mass is 10.2. The van der Waals surface area contributed by atoms with Crippen LogP contribution in [0.1, 0.15) is 17.0 Å². The largest absolute Gasteiger partial charge is 0.495 e. The van der Waals surface area contributed by atoms with Crippen LogP contribution in [0.15, 0.2) is 58.4 Å². The highest BCUT2D eigenvalue weighted by Gasteiger charge is 2.12. The summed E-state index contributed by atoms with van der Waals surface area (Å²) in [7, 11) is -2.15. The predicted octanol–water partition coefficient (Wildman–Crippen LogP) is 4.15. The summed E-state index contributed by atoms with van der Waals surface area (Å²) in [5.41, 5.74) is 4.47. The van der Waals surface area contributed by atoms with Gasteiger partial charge in [0.1, 0.15) is 5.75 Å². The Morgan fingerprint density at radius 2 is 1.79 bits per heavy atom. The van der Waals surface area contributed by atoms with E-state index in [0.29, 0.717) is 16.5 Å². The summed E-state index contributed by atoms with van der Waals surface area (Å²) < 4.78 is 30.0. The van der Waals surface area contributed by atoms with Gasteiger partial charge in [0.2, 0.25) is 10.0 Å². The average molecular weight is 418 g/mol. The molecule has 0 unspecified atom stereocenters. The van der Waals surface area contributed by atoms with Gasteiger partial charge in [-0.25, -0.2) is 13.6 Å². The molecule has 0 aliphatic rings. The zero-order valence-electron chi connectivity index (χ0n) is 15.7. The summed E-state index contributed by atoms with van der Waals surface area (Å²) >= 11 is 6.14. The van der Waals surface area contributed by atoms with Crippen molar-refractivity contribution in [2.45, 2.75) is 18.7 Å². The molecule has 28 heavy (non-hydrogen) atoms. The molecule has 0 bridgehead atoms. The quantitative estimate of drug-likeness (QED) is 0.632. The van der Waals surface area contributed by atoms with Gasteiger partial charge in [-0.1, -0.05) is 11.6 Å². The molecular weight excluding hydrogens is 398 g/mol. The van der Waals surface area contributed by atoms with Gasteiger partial charge in [-0.2, -0.15) is 0 Å². The molecule has 0 aliphatic carbocycles. The van der Waals surface area contributed by atoms with Crippen molar-refractivity contribution in [1.29, 1.82) is 0 Å². The number of aliphatic imine (C=N–C) groups is 1. The maximum atomic E-state index is 11.4. The molecule has 8 heteroatoms. The number of halogens is 1. The highest BCUT2D eigenvalue weighted by Crippen LogP contribution is 2.29. The Morgan fingerprint density at radius 1 is 1.11 bits per heavy atom. The van der Waals surface area contributed by atoms with Gasteiger partial charge in [0.25, 0.3) is 0 Å². The van der Waals surface area contributed by atoms with Crippen LogP contribution in [0.2, 0.25) is 5.02 Å². The summed E-state index contributed by atoms with van der Waals surface area (Å²) in [6, 6.07) is 13.8. The maximum Gasteiger partial charge on any atom is 0.238 e. The molecule has 1 heterocycles. The minimum atomic E-state index is -3.71. The van der Waals surface area contributed by atoms with Crippen molar-refractivity contribution >= 4 is 33.5 Å². The summed E-state index contributed by atoms with van der Waals surface area (Å²) in [5, 5.41) is 5.66. The predicted molar refractivity (Wildman–Crippen MR) is 112 cm³/mol. The number of sulfonamides is 1. The zero-order valence-corrected chi connectivity index (χ0v) is 17.3. The monoisotopic (exact) mass is 417 g/mol. The number of ether oxygens (including phenoxy) is 1. The van der Waals surface area contributed by atoms with Gasteiger partial charge in [-0.05, 0) is 62.4 Å². The first kappa shape index (κ1) is 20.1. The minimum Gasteiger partial charge on any atom is -0.495 e. The molecule has 3 rings (SSSR count). The number of nitrogens with two attached hydrogens (primary N) is 1. The molecule has 0 aliphatic heterocycles. The number of rotatable bonds is 5. The van der Waals surface area contributed by atoms with Gasteiger partial charge >= 0.3 is 0 Å². The van der Waals surface area contributed by atoms with Crippen molar-refractivity contribution in [1.82, 2.24) is 4.57 Å². The molecule has 0 atom stereocenters. The standard InChI is InChI=1S/C20H20ClN3O3S/c1-13-10-15(12-23-16-4-9-20(27-3)19(21)11-16)14(2)24(13)17-5-7-18(8-6-17)28(22,25)26/h4-12H,1-3H3,(H2,22,25,26). The van der Waals surface area contributed by atoms with E-state index in [2.05, 4.69) is 4.99 Å². The second-order valence-electron chi connectivity index (χ2n) is 6.28. The first-order valence-electron chi connectivity index (χ1n) is 8.40. The van der Waals surface area contributed by atoms with Crippen molar-refractivity contribution in [3.05, 3.63) is 70.5 Å². The van der Waals surface area contributed by atoms with Crippen LogP contribution < -0.4 is 9.88 Å². The third kappa shape index (κ3) is 4.11. The van der Waals surface area contributed by atoms with Gasteiger partial charge in [0.15, 0.2) is 0 Å². The molecule has 0 radical (unpaired) electrons. The number of aryl methyl sites for hydroxylation is 1. The van der Waals surface area contributed by atoms with Crippen LogP contribution in [0.25, 0.3) is 5.69 Å². The number of benzene rings is 2. The summed E-state index contributed by atoms with van der Waals surface area (Å²) in [5.74, 6) is 0.599. The lowest BCUT2D eigenvalue weighted by Gasteiger charge is -2.10. The Bertz CT molecular complexity index is 1150. The smallest absolute Gasteiger partial charge is 0.238 e. The third-order valence-electron chi connectivity index (χ3n) is 4.38. The SMILES string of the molecule is COc1ccc(N=Cc2cc(C)n(-c3ccc(S(N)(=O)=O)cc3)c2C)cc1Cl. The second kappa shape index (κ2) is 7.79. The molecule has 0 spiro atoms. The Hall–Kier alpha value is -2.61. The van der Waals surface area contributed by atoms with E-state index in [4.69, 9.17) is 21.5 Å². The normalized spacial score (nSPS) is 11.9. The first-order valence-corrected chi connectivity index (χ1v) is 10.3. The van der Waals surface area contributed by atoms with E-state index in [0.717, 1.165) is 22.6 Å². The molecule has 0 saturated carbocycles. The van der Waals surface area contributed by atoms with E-state index in [9.17, 15) is 8.42 Å². The topological polar surface area (TPSA) is 86.7 Å².